The molecule has 1 N–H and O–H groups in total. The van der Waals surface area contributed by atoms with E-state index in [1.165, 1.54) is 12.3 Å². The zero-order chi connectivity index (χ0) is 20.8. The lowest BCUT2D eigenvalue weighted by Gasteiger charge is -2.08. The minimum absolute atomic E-state index is 0.0535. The normalized spacial score (nSPS) is 10.8. The van der Waals surface area contributed by atoms with E-state index in [2.05, 4.69) is 10.5 Å². The van der Waals surface area contributed by atoms with Crippen LogP contribution >= 0.6 is 0 Å². The Hall–Kier alpha value is -3.94. The number of furan rings is 1. The molecule has 29 heavy (non-hydrogen) atoms. The molecule has 2 aromatic carbocycles. The Balaban J connectivity index is 1.57. The van der Waals surface area contributed by atoms with Gasteiger partial charge in [0.25, 0.3) is 11.6 Å². The summed E-state index contributed by atoms with van der Waals surface area (Å²) in [6.45, 7) is 3.71. The molecule has 0 aliphatic rings. The highest BCUT2D eigenvalue weighted by atomic mass is 16.6. The van der Waals surface area contributed by atoms with E-state index in [0.717, 1.165) is 11.1 Å². The van der Waals surface area contributed by atoms with Crippen molar-refractivity contribution in [3.05, 3.63) is 81.6 Å². The number of rotatable bonds is 7. The van der Waals surface area contributed by atoms with Crippen molar-refractivity contribution in [2.75, 3.05) is 6.61 Å². The first-order valence-corrected chi connectivity index (χ1v) is 8.79. The maximum atomic E-state index is 11.9. The van der Waals surface area contributed by atoms with E-state index in [-0.39, 0.29) is 12.3 Å². The summed E-state index contributed by atoms with van der Waals surface area (Å²) < 4.78 is 11.0. The van der Waals surface area contributed by atoms with E-state index in [4.69, 9.17) is 9.15 Å². The Kier molecular flexibility index (Phi) is 6.03. The Labute approximate surface area is 167 Å². The number of hydrazone groups is 1. The number of para-hydroxylation sites is 1. The number of nitrogens with one attached hydrogen (secondary N) is 1. The lowest BCUT2D eigenvalue weighted by molar-refractivity contribution is -0.384. The molecule has 1 aromatic heterocycles. The molecule has 0 bridgehead atoms. The van der Waals surface area contributed by atoms with Crippen molar-refractivity contribution in [3.8, 4) is 17.1 Å². The molecule has 1 amide bonds. The lowest BCUT2D eigenvalue weighted by atomic mass is 10.1. The van der Waals surface area contributed by atoms with Gasteiger partial charge in [0, 0.05) is 6.07 Å². The van der Waals surface area contributed by atoms with Gasteiger partial charge in [-0.05, 0) is 43.7 Å². The first-order chi connectivity index (χ1) is 13.9. The molecule has 0 spiro atoms. The number of hydrogen-bond acceptors (Lipinski definition) is 6. The molecule has 0 unspecified atom stereocenters. The monoisotopic (exact) mass is 393 g/mol. The maximum absolute atomic E-state index is 11.9. The van der Waals surface area contributed by atoms with Crippen LogP contribution in [0.15, 0.2) is 64.1 Å². The van der Waals surface area contributed by atoms with Crippen molar-refractivity contribution in [3.63, 3.8) is 0 Å². The summed E-state index contributed by atoms with van der Waals surface area (Å²) in [7, 11) is 0. The van der Waals surface area contributed by atoms with Crippen molar-refractivity contribution in [2.45, 2.75) is 13.8 Å². The first-order valence-electron chi connectivity index (χ1n) is 8.79. The fourth-order valence-corrected chi connectivity index (χ4v) is 2.71. The minimum atomic E-state index is -0.471. The Morgan fingerprint density at radius 2 is 2.00 bits per heavy atom. The molecular weight excluding hydrogens is 374 g/mol. The van der Waals surface area contributed by atoms with Crippen LogP contribution in [0.1, 0.15) is 16.9 Å². The summed E-state index contributed by atoms with van der Waals surface area (Å²) in [6, 6.07) is 15.2. The number of ether oxygens (including phenoxy) is 1. The molecule has 8 heteroatoms. The summed E-state index contributed by atoms with van der Waals surface area (Å²) in [4.78, 5) is 22.5. The number of amides is 1. The third-order valence-electron chi connectivity index (χ3n) is 4.06. The van der Waals surface area contributed by atoms with E-state index in [0.29, 0.717) is 22.8 Å². The van der Waals surface area contributed by atoms with Crippen LogP contribution in [0.3, 0.4) is 0 Å². The van der Waals surface area contributed by atoms with E-state index in [9.17, 15) is 14.9 Å². The Morgan fingerprint density at radius 3 is 2.76 bits per heavy atom. The van der Waals surface area contributed by atoms with Gasteiger partial charge in [-0.1, -0.05) is 29.8 Å². The lowest BCUT2D eigenvalue weighted by Crippen LogP contribution is -2.24. The number of nitro benzene ring substituents is 1. The van der Waals surface area contributed by atoms with Gasteiger partial charge in [0.2, 0.25) is 0 Å². The summed E-state index contributed by atoms with van der Waals surface area (Å²) in [5, 5.41) is 15.0. The molecule has 0 saturated heterocycles. The Morgan fingerprint density at radius 1 is 1.21 bits per heavy atom. The van der Waals surface area contributed by atoms with E-state index < -0.39 is 10.8 Å². The molecule has 0 saturated carbocycles. The second-order valence-electron chi connectivity index (χ2n) is 6.33. The van der Waals surface area contributed by atoms with E-state index in [1.54, 1.807) is 30.3 Å². The third-order valence-corrected chi connectivity index (χ3v) is 4.06. The smallest absolute Gasteiger partial charge is 0.280 e. The molecule has 0 fully saturated rings. The van der Waals surface area contributed by atoms with Crippen LogP contribution in [0.5, 0.6) is 5.75 Å². The summed E-state index contributed by atoms with van der Waals surface area (Å²) >= 11 is 0. The molecule has 3 rings (SSSR count). The number of benzene rings is 2. The topological polar surface area (TPSA) is 107 Å². The standard InChI is InChI=1S/C21H19N3O5/c1-14-7-9-19(15(2)11-14)28-13-21(25)23-22-12-16-8-10-20(29-16)17-5-3-4-6-18(17)24(26)27/h3-12H,13H2,1-2H3,(H,23,25)/b22-12+. The molecule has 148 valence electrons. The maximum Gasteiger partial charge on any atom is 0.280 e. The van der Waals surface area contributed by atoms with Crippen molar-refractivity contribution in [1.82, 2.24) is 5.43 Å². The van der Waals surface area contributed by atoms with Crippen LogP contribution in [-0.2, 0) is 4.79 Å². The summed E-state index contributed by atoms with van der Waals surface area (Å²) in [6.07, 6.45) is 1.31. The quantitative estimate of drug-likeness (QED) is 0.371. The summed E-state index contributed by atoms with van der Waals surface area (Å²) in [5.74, 6) is 0.888. The van der Waals surface area contributed by atoms with Gasteiger partial charge < -0.3 is 9.15 Å². The number of nitro groups is 1. The highest BCUT2D eigenvalue weighted by Crippen LogP contribution is 2.30. The van der Waals surface area contributed by atoms with Gasteiger partial charge in [0.05, 0.1) is 16.7 Å². The molecule has 0 atom stereocenters. The zero-order valence-corrected chi connectivity index (χ0v) is 15.9. The number of nitrogens with zero attached hydrogens (tertiary/aromatic N) is 2. The third kappa shape index (κ3) is 5.07. The highest BCUT2D eigenvalue weighted by molar-refractivity contribution is 5.82. The number of hydrogen-bond donors (Lipinski definition) is 1. The predicted octanol–water partition coefficient (Wildman–Crippen LogP) is 4.00. The SMILES string of the molecule is Cc1ccc(OCC(=O)N/N=C/c2ccc(-c3ccccc3[N+](=O)[O-])o2)c(C)c1. The van der Waals surface area contributed by atoms with E-state index >= 15 is 0 Å². The average Bonchev–Trinajstić information content (AvgIpc) is 3.16. The van der Waals surface area contributed by atoms with Crippen molar-refractivity contribution < 1.29 is 18.9 Å². The van der Waals surface area contributed by atoms with Gasteiger partial charge in [-0.25, -0.2) is 5.43 Å². The largest absolute Gasteiger partial charge is 0.483 e. The van der Waals surface area contributed by atoms with Gasteiger partial charge in [-0.2, -0.15) is 5.10 Å². The van der Waals surface area contributed by atoms with Crippen LogP contribution < -0.4 is 10.2 Å². The van der Waals surface area contributed by atoms with E-state index in [1.807, 2.05) is 32.0 Å². The van der Waals surface area contributed by atoms with Gasteiger partial charge in [0.15, 0.2) is 6.61 Å². The van der Waals surface area contributed by atoms with Crippen molar-refractivity contribution in [2.24, 2.45) is 5.10 Å². The molecule has 8 nitrogen and oxygen atoms in total. The van der Waals surface area contributed by atoms with Crippen LogP contribution in [0.4, 0.5) is 5.69 Å². The van der Waals surface area contributed by atoms with Crippen LogP contribution in [0.25, 0.3) is 11.3 Å². The Bertz CT molecular complexity index is 1070. The minimum Gasteiger partial charge on any atom is -0.483 e. The first kappa shape index (κ1) is 19.8. The number of carbonyl (C=O) groups excluding carboxylic acids is 1. The number of aryl methyl sites for hydroxylation is 2. The number of carbonyl (C=O) groups is 1. The highest BCUT2D eigenvalue weighted by Gasteiger charge is 2.16. The van der Waals surface area contributed by atoms with Crippen LogP contribution in [0, 0.1) is 24.0 Å². The van der Waals surface area contributed by atoms with Gasteiger partial charge >= 0.3 is 0 Å². The predicted molar refractivity (Wildman–Crippen MR) is 108 cm³/mol. The molecule has 0 radical (unpaired) electrons. The average molecular weight is 393 g/mol. The summed E-state index contributed by atoms with van der Waals surface area (Å²) in [5.41, 5.74) is 4.72. The van der Waals surface area contributed by atoms with Gasteiger partial charge in [-0.15, -0.1) is 0 Å². The van der Waals surface area contributed by atoms with Gasteiger partial charge in [0.1, 0.15) is 17.3 Å². The second kappa shape index (κ2) is 8.83. The van der Waals surface area contributed by atoms with Crippen LogP contribution in [0.2, 0.25) is 0 Å². The fourth-order valence-electron chi connectivity index (χ4n) is 2.71. The fraction of sp³-hybridized carbons (Fsp3) is 0.143. The van der Waals surface area contributed by atoms with Crippen LogP contribution in [-0.4, -0.2) is 23.7 Å². The zero-order valence-electron chi connectivity index (χ0n) is 15.9. The van der Waals surface area contributed by atoms with Gasteiger partial charge in [-0.3, -0.25) is 14.9 Å². The van der Waals surface area contributed by atoms with Crippen molar-refractivity contribution in [1.29, 1.82) is 0 Å². The van der Waals surface area contributed by atoms with Crippen molar-refractivity contribution >= 4 is 17.8 Å². The molecule has 3 aromatic rings. The second-order valence-corrected chi connectivity index (χ2v) is 6.33. The molecular formula is C21H19N3O5. The molecule has 1 heterocycles. The molecule has 0 aliphatic carbocycles. The molecule has 0 aliphatic heterocycles.